The van der Waals surface area contributed by atoms with Crippen LogP contribution in [0.15, 0.2) is 36.5 Å². The highest BCUT2D eigenvalue weighted by atomic mass is 16.5. The van der Waals surface area contributed by atoms with Crippen molar-refractivity contribution >= 4 is 0 Å². The number of para-hydroxylation sites is 1. The Kier molecular flexibility index (Phi) is 6.28. The minimum absolute atomic E-state index is 0.568. The molecule has 1 aliphatic heterocycles. The second kappa shape index (κ2) is 8.65. The maximum Gasteiger partial charge on any atom is 0.223 e. The van der Waals surface area contributed by atoms with Crippen LogP contribution in [0.3, 0.4) is 0 Å². The molecule has 0 spiro atoms. The maximum absolute atomic E-state index is 6.20. The molecule has 0 bridgehead atoms. The number of likely N-dealkylation sites (tertiary alicyclic amines) is 1. The van der Waals surface area contributed by atoms with Gasteiger partial charge in [-0.3, -0.25) is 0 Å². The van der Waals surface area contributed by atoms with E-state index in [2.05, 4.69) is 67.2 Å². The van der Waals surface area contributed by atoms with Gasteiger partial charge in [-0.1, -0.05) is 24.3 Å². The standard InChI is InChI=1S/C22H31N3O/c1-16(2)25-13-10-20(11-14-25)24-15-19-9-6-12-23-22(19)26-21-17(3)7-5-8-18(21)4/h5-9,12,16,20,24H,10-11,13-15H2,1-4H3. The molecule has 0 radical (unpaired) electrons. The lowest BCUT2D eigenvalue weighted by Gasteiger charge is -2.35. The molecular weight excluding hydrogens is 322 g/mol. The Balaban J connectivity index is 1.63. The number of aryl methyl sites for hydroxylation is 2. The van der Waals surface area contributed by atoms with Crippen molar-refractivity contribution in [1.82, 2.24) is 15.2 Å². The molecule has 0 aliphatic carbocycles. The average Bonchev–Trinajstić information content (AvgIpc) is 2.64. The number of hydrogen-bond donors (Lipinski definition) is 1. The highest BCUT2D eigenvalue weighted by Crippen LogP contribution is 2.29. The monoisotopic (exact) mass is 353 g/mol. The molecule has 2 heterocycles. The molecular formula is C22H31N3O. The van der Waals surface area contributed by atoms with Gasteiger partial charge in [0.25, 0.3) is 0 Å². The molecule has 1 aromatic heterocycles. The molecule has 140 valence electrons. The highest BCUT2D eigenvalue weighted by Gasteiger charge is 2.20. The molecule has 0 unspecified atom stereocenters. The van der Waals surface area contributed by atoms with Crippen LogP contribution in [0.4, 0.5) is 0 Å². The lowest BCUT2D eigenvalue weighted by atomic mass is 10.0. The number of hydrogen-bond acceptors (Lipinski definition) is 4. The fourth-order valence-electron chi connectivity index (χ4n) is 3.58. The summed E-state index contributed by atoms with van der Waals surface area (Å²) in [7, 11) is 0. The first-order valence-corrected chi connectivity index (χ1v) is 9.70. The third-order valence-electron chi connectivity index (χ3n) is 5.30. The summed E-state index contributed by atoms with van der Waals surface area (Å²) in [5.74, 6) is 1.62. The van der Waals surface area contributed by atoms with Crippen molar-refractivity contribution < 1.29 is 4.74 Å². The zero-order valence-corrected chi connectivity index (χ0v) is 16.5. The third kappa shape index (κ3) is 4.63. The topological polar surface area (TPSA) is 37.4 Å². The number of rotatable bonds is 6. The van der Waals surface area contributed by atoms with Gasteiger partial charge >= 0.3 is 0 Å². The number of piperidine rings is 1. The molecule has 4 nitrogen and oxygen atoms in total. The van der Waals surface area contributed by atoms with Crippen LogP contribution >= 0.6 is 0 Å². The molecule has 0 amide bonds. The van der Waals surface area contributed by atoms with Gasteiger partial charge in [0.2, 0.25) is 5.88 Å². The lowest BCUT2D eigenvalue weighted by Crippen LogP contribution is -2.44. The summed E-state index contributed by atoms with van der Waals surface area (Å²) in [4.78, 5) is 7.04. The van der Waals surface area contributed by atoms with Crippen LogP contribution in [0.2, 0.25) is 0 Å². The predicted molar refractivity (Wildman–Crippen MR) is 107 cm³/mol. The molecule has 26 heavy (non-hydrogen) atoms. The summed E-state index contributed by atoms with van der Waals surface area (Å²) in [5.41, 5.74) is 3.38. The van der Waals surface area contributed by atoms with E-state index in [-0.39, 0.29) is 0 Å². The molecule has 1 N–H and O–H groups in total. The van der Waals surface area contributed by atoms with Gasteiger partial charge in [-0.2, -0.15) is 0 Å². The van der Waals surface area contributed by atoms with Gasteiger partial charge in [-0.25, -0.2) is 4.98 Å². The van der Waals surface area contributed by atoms with Gasteiger partial charge in [0.05, 0.1) is 0 Å². The Labute approximate surface area is 157 Å². The molecule has 0 atom stereocenters. The van der Waals surface area contributed by atoms with E-state index in [1.54, 1.807) is 6.20 Å². The van der Waals surface area contributed by atoms with E-state index in [0.717, 1.165) is 29.0 Å². The van der Waals surface area contributed by atoms with E-state index in [0.29, 0.717) is 18.0 Å². The minimum atomic E-state index is 0.568. The number of ether oxygens (including phenoxy) is 1. The summed E-state index contributed by atoms with van der Waals surface area (Å²) < 4.78 is 6.20. The number of nitrogens with zero attached hydrogens (tertiary/aromatic N) is 2. The van der Waals surface area contributed by atoms with Gasteiger partial charge in [0.15, 0.2) is 0 Å². The fraction of sp³-hybridized carbons (Fsp3) is 0.500. The minimum Gasteiger partial charge on any atom is -0.438 e. The van der Waals surface area contributed by atoms with Gasteiger partial charge in [-0.05, 0) is 70.8 Å². The largest absolute Gasteiger partial charge is 0.438 e. The third-order valence-corrected chi connectivity index (χ3v) is 5.30. The first-order valence-electron chi connectivity index (χ1n) is 9.70. The number of aromatic nitrogens is 1. The van der Waals surface area contributed by atoms with Gasteiger partial charge in [-0.15, -0.1) is 0 Å². The van der Waals surface area contributed by atoms with Crippen LogP contribution in [-0.4, -0.2) is 35.1 Å². The zero-order chi connectivity index (χ0) is 18.5. The summed E-state index contributed by atoms with van der Waals surface area (Å²) >= 11 is 0. The maximum atomic E-state index is 6.20. The van der Waals surface area contributed by atoms with Crippen LogP contribution in [-0.2, 0) is 6.54 Å². The first-order chi connectivity index (χ1) is 12.5. The van der Waals surface area contributed by atoms with Crippen molar-refractivity contribution in [2.75, 3.05) is 13.1 Å². The van der Waals surface area contributed by atoms with Crippen LogP contribution in [0.5, 0.6) is 11.6 Å². The molecule has 1 aliphatic rings. The normalized spacial score (nSPS) is 16.2. The summed E-state index contributed by atoms with van der Waals surface area (Å²) in [6, 6.07) is 11.5. The van der Waals surface area contributed by atoms with E-state index in [4.69, 9.17) is 4.74 Å². The summed E-state index contributed by atoms with van der Waals surface area (Å²) in [6.45, 7) is 11.8. The first kappa shape index (κ1) is 18.9. The Morgan fingerprint density at radius 3 is 2.46 bits per heavy atom. The van der Waals surface area contributed by atoms with Gasteiger partial charge < -0.3 is 15.0 Å². The summed E-state index contributed by atoms with van der Waals surface area (Å²) in [5, 5.41) is 3.71. The molecule has 0 saturated carbocycles. The average molecular weight is 354 g/mol. The molecule has 4 heteroatoms. The van der Waals surface area contributed by atoms with Crippen molar-refractivity contribution in [2.45, 2.75) is 59.2 Å². The predicted octanol–water partition coefficient (Wildman–Crippen LogP) is 4.45. The van der Waals surface area contributed by atoms with Crippen LogP contribution < -0.4 is 10.1 Å². The second-order valence-corrected chi connectivity index (χ2v) is 7.58. The van der Waals surface area contributed by atoms with Crippen molar-refractivity contribution in [3.63, 3.8) is 0 Å². The Hall–Kier alpha value is -1.91. The van der Waals surface area contributed by atoms with Crippen molar-refractivity contribution in [3.05, 3.63) is 53.2 Å². The highest BCUT2D eigenvalue weighted by molar-refractivity contribution is 5.43. The van der Waals surface area contributed by atoms with E-state index >= 15 is 0 Å². The number of benzene rings is 1. The molecule has 3 rings (SSSR count). The van der Waals surface area contributed by atoms with Gasteiger partial charge in [0.1, 0.15) is 5.75 Å². The molecule has 1 fully saturated rings. The van der Waals surface area contributed by atoms with Crippen LogP contribution in [0, 0.1) is 13.8 Å². The SMILES string of the molecule is Cc1cccc(C)c1Oc1ncccc1CNC1CCN(C(C)C)CC1. The second-order valence-electron chi connectivity index (χ2n) is 7.58. The Bertz CT molecular complexity index is 701. The van der Waals surface area contributed by atoms with Gasteiger partial charge in [0, 0.05) is 30.4 Å². The van der Waals surface area contributed by atoms with E-state index in [9.17, 15) is 0 Å². The zero-order valence-electron chi connectivity index (χ0n) is 16.5. The van der Waals surface area contributed by atoms with Crippen molar-refractivity contribution in [1.29, 1.82) is 0 Å². The number of nitrogens with one attached hydrogen (secondary N) is 1. The Morgan fingerprint density at radius 1 is 1.12 bits per heavy atom. The van der Waals surface area contributed by atoms with E-state index in [1.165, 1.54) is 25.9 Å². The molecule has 1 aromatic carbocycles. The quantitative estimate of drug-likeness (QED) is 0.832. The summed E-state index contributed by atoms with van der Waals surface area (Å²) in [6.07, 6.45) is 4.20. The van der Waals surface area contributed by atoms with E-state index in [1.807, 2.05) is 6.07 Å². The number of pyridine rings is 1. The smallest absolute Gasteiger partial charge is 0.223 e. The Morgan fingerprint density at radius 2 is 1.81 bits per heavy atom. The molecule has 1 saturated heterocycles. The van der Waals surface area contributed by atoms with E-state index < -0.39 is 0 Å². The molecule has 2 aromatic rings. The van der Waals surface area contributed by atoms with Crippen molar-refractivity contribution in [3.8, 4) is 11.6 Å². The van der Waals surface area contributed by atoms with Crippen LogP contribution in [0.25, 0.3) is 0 Å². The van der Waals surface area contributed by atoms with Crippen LogP contribution in [0.1, 0.15) is 43.4 Å². The fourth-order valence-corrected chi connectivity index (χ4v) is 3.58. The lowest BCUT2D eigenvalue weighted by molar-refractivity contribution is 0.160. The van der Waals surface area contributed by atoms with Crippen molar-refractivity contribution in [2.24, 2.45) is 0 Å².